The average molecular weight is 422 g/mol. The molecule has 3 N–H and O–H groups in total. The number of halogens is 3. The summed E-state index contributed by atoms with van der Waals surface area (Å²) in [7, 11) is 0. The number of pyridine rings is 2. The van der Waals surface area contributed by atoms with Gasteiger partial charge in [-0.25, -0.2) is 0 Å². The molecule has 0 saturated carbocycles. The van der Waals surface area contributed by atoms with E-state index in [1.807, 2.05) is 13.0 Å². The topological polar surface area (TPSA) is 103 Å². The van der Waals surface area contributed by atoms with E-state index in [1.54, 1.807) is 17.7 Å². The number of rotatable bonds is 7. The Hall–Kier alpha value is -3.14. The zero-order valence-electron chi connectivity index (χ0n) is 16.5. The van der Waals surface area contributed by atoms with E-state index >= 15 is 0 Å². The van der Waals surface area contributed by atoms with Gasteiger partial charge in [-0.1, -0.05) is 0 Å². The first kappa shape index (κ1) is 21.6. The van der Waals surface area contributed by atoms with Gasteiger partial charge in [0.05, 0.1) is 23.3 Å². The summed E-state index contributed by atoms with van der Waals surface area (Å²) < 4.78 is 44.3. The third-order valence-corrected chi connectivity index (χ3v) is 4.70. The maximum absolute atomic E-state index is 12.5. The van der Waals surface area contributed by atoms with Crippen molar-refractivity contribution in [1.82, 2.24) is 14.5 Å². The smallest absolute Gasteiger partial charge is 0.422 e. The number of carbonyl (C=O) groups excluding carboxylic acids is 1. The molecule has 0 aliphatic carbocycles. The quantitative estimate of drug-likeness (QED) is 0.609. The summed E-state index contributed by atoms with van der Waals surface area (Å²) in [6.07, 6.45) is -1.34. The summed E-state index contributed by atoms with van der Waals surface area (Å²) in [6.45, 7) is 1.96. The number of nitrogens with zero attached hydrogens (tertiary/aromatic N) is 3. The van der Waals surface area contributed by atoms with E-state index in [-0.39, 0.29) is 30.9 Å². The summed E-state index contributed by atoms with van der Waals surface area (Å²) >= 11 is 0. The van der Waals surface area contributed by atoms with Crippen LogP contribution in [0, 0.1) is 13.8 Å². The van der Waals surface area contributed by atoms with Gasteiger partial charge in [-0.05, 0) is 31.5 Å². The van der Waals surface area contributed by atoms with Crippen LogP contribution in [0.25, 0.3) is 11.0 Å². The van der Waals surface area contributed by atoms with Gasteiger partial charge in [0.1, 0.15) is 11.3 Å². The fourth-order valence-electron chi connectivity index (χ4n) is 3.36. The second-order valence-corrected chi connectivity index (χ2v) is 6.91. The van der Waals surface area contributed by atoms with Crippen LogP contribution in [0.3, 0.4) is 0 Å². The van der Waals surface area contributed by atoms with E-state index in [2.05, 4.69) is 9.97 Å². The maximum Gasteiger partial charge on any atom is 0.422 e. The highest BCUT2D eigenvalue weighted by Crippen LogP contribution is 2.29. The SMILES string of the molecule is Cc1cnc2c(C(N)=O)c(CCO)n(Cc3nccc(OCC(F)(F)F)c3C)c2c1. The molecule has 0 unspecified atom stereocenters. The number of carbonyl (C=O) groups is 1. The second-order valence-electron chi connectivity index (χ2n) is 6.91. The van der Waals surface area contributed by atoms with E-state index in [4.69, 9.17) is 10.5 Å². The van der Waals surface area contributed by atoms with Crippen molar-refractivity contribution in [3.63, 3.8) is 0 Å². The van der Waals surface area contributed by atoms with Gasteiger partial charge in [0.15, 0.2) is 6.61 Å². The first-order valence-electron chi connectivity index (χ1n) is 9.14. The van der Waals surface area contributed by atoms with Crippen molar-refractivity contribution in [3.8, 4) is 5.75 Å². The van der Waals surface area contributed by atoms with Gasteiger partial charge in [0, 0.05) is 36.7 Å². The molecule has 7 nitrogen and oxygen atoms in total. The molecule has 0 radical (unpaired) electrons. The van der Waals surface area contributed by atoms with Crippen LogP contribution in [0.4, 0.5) is 13.2 Å². The lowest BCUT2D eigenvalue weighted by atomic mass is 10.1. The lowest BCUT2D eigenvalue weighted by Gasteiger charge is -2.16. The highest BCUT2D eigenvalue weighted by molar-refractivity contribution is 6.06. The van der Waals surface area contributed by atoms with Gasteiger partial charge in [-0.2, -0.15) is 13.2 Å². The minimum Gasteiger partial charge on any atom is -0.484 e. The van der Waals surface area contributed by atoms with Crippen LogP contribution in [-0.4, -0.2) is 44.9 Å². The molecule has 3 heterocycles. The predicted molar refractivity (Wildman–Crippen MR) is 103 cm³/mol. The molecule has 0 saturated heterocycles. The molecule has 0 bridgehead atoms. The molecule has 10 heteroatoms. The molecule has 0 aliphatic rings. The fraction of sp³-hybridized carbons (Fsp3) is 0.350. The third-order valence-electron chi connectivity index (χ3n) is 4.70. The van der Waals surface area contributed by atoms with E-state index in [0.717, 1.165) is 5.56 Å². The van der Waals surface area contributed by atoms with Crippen molar-refractivity contribution in [2.24, 2.45) is 5.73 Å². The summed E-state index contributed by atoms with van der Waals surface area (Å²) in [5.74, 6) is -0.604. The zero-order valence-corrected chi connectivity index (χ0v) is 16.5. The molecule has 0 aromatic carbocycles. The Morgan fingerprint density at radius 2 is 2.03 bits per heavy atom. The number of aromatic nitrogens is 3. The molecular formula is C20H21F3N4O3. The van der Waals surface area contributed by atoms with Crippen molar-refractivity contribution < 1.29 is 27.8 Å². The number of aliphatic hydroxyl groups excluding tert-OH is 1. The third kappa shape index (κ3) is 4.38. The first-order valence-corrected chi connectivity index (χ1v) is 9.14. The summed E-state index contributed by atoms with van der Waals surface area (Å²) in [5.41, 5.74) is 9.04. The molecule has 0 fully saturated rings. The lowest BCUT2D eigenvalue weighted by Crippen LogP contribution is -2.20. The molecule has 0 spiro atoms. The number of primary amides is 1. The van der Waals surface area contributed by atoms with Crippen LogP contribution in [0.15, 0.2) is 24.5 Å². The van der Waals surface area contributed by atoms with Gasteiger partial charge >= 0.3 is 6.18 Å². The molecular weight excluding hydrogens is 401 g/mol. The van der Waals surface area contributed by atoms with E-state index in [0.29, 0.717) is 28.0 Å². The summed E-state index contributed by atoms with van der Waals surface area (Å²) in [6, 6.07) is 3.20. The normalized spacial score (nSPS) is 11.8. The second kappa shape index (κ2) is 8.31. The number of fused-ring (bicyclic) bond motifs is 1. The van der Waals surface area contributed by atoms with Crippen molar-refractivity contribution >= 4 is 16.9 Å². The van der Waals surface area contributed by atoms with Gasteiger partial charge < -0.3 is 20.1 Å². The standard InChI is InChI=1S/C20H21F3N4O3/c1-11-7-15-18(26-8-11)17(19(24)29)14(4-6-28)27(15)9-13-12(2)16(3-5-25-13)30-10-20(21,22)23/h3,5,7-8,28H,4,6,9-10H2,1-2H3,(H2,24,29). The summed E-state index contributed by atoms with van der Waals surface area (Å²) in [5, 5.41) is 9.51. The Balaban J connectivity index is 2.11. The van der Waals surface area contributed by atoms with Crippen LogP contribution >= 0.6 is 0 Å². The van der Waals surface area contributed by atoms with Crippen LogP contribution in [-0.2, 0) is 13.0 Å². The average Bonchev–Trinajstić information content (AvgIpc) is 2.95. The van der Waals surface area contributed by atoms with Crippen molar-refractivity contribution in [2.75, 3.05) is 13.2 Å². The Morgan fingerprint density at radius 3 is 2.67 bits per heavy atom. The van der Waals surface area contributed by atoms with Crippen molar-refractivity contribution in [2.45, 2.75) is 33.0 Å². The van der Waals surface area contributed by atoms with Gasteiger partial charge in [-0.3, -0.25) is 14.8 Å². The highest BCUT2D eigenvalue weighted by Gasteiger charge is 2.29. The fourth-order valence-corrected chi connectivity index (χ4v) is 3.36. The van der Waals surface area contributed by atoms with Gasteiger partial charge in [0.2, 0.25) is 0 Å². The predicted octanol–water partition coefficient (Wildman–Crippen LogP) is 2.67. The molecule has 3 aromatic rings. The zero-order chi connectivity index (χ0) is 22.1. The monoisotopic (exact) mass is 422 g/mol. The number of nitrogens with two attached hydrogens (primary N) is 1. The highest BCUT2D eigenvalue weighted by atomic mass is 19.4. The minimum absolute atomic E-state index is 0.0712. The number of amides is 1. The lowest BCUT2D eigenvalue weighted by molar-refractivity contribution is -0.153. The van der Waals surface area contributed by atoms with Gasteiger partial charge in [-0.15, -0.1) is 0 Å². The molecule has 0 atom stereocenters. The number of aryl methyl sites for hydroxylation is 1. The largest absolute Gasteiger partial charge is 0.484 e. The van der Waals surface area contributed by atoms with Crippen LogP contribution in [0.2, 0.25) is 0 Å². The Kier molecular flexibility index (Phi) is 5.97. The molecule has 160 valence electrons. The maximum atomic E-state index is 12.5. The van der Waals surface area contributed by atoms with E-state index in [1.165, 1.54) is 12.3 Å². The van der Waals surface area contributed by atoms with Crippen LogP contribution in [0.1, 0.15) is 32.9 Å². The molecule has 3 rings (SSSR count). The Bertz CT molecular complexity index is 1090. The molecule has 1 amide bonds. The van der Waals surface area contributed by atoms with E-state index in [9.17, 15) is 23.1 Å². The minimum atomic E-state index is -4.46. The molecule has 0 aliphatic heterocycles. The summed E-state index contributed by atoms with van der Waals surface area (Å²) in [4.78, 5) is 20.7. The number of hydrogen-bond acceptors (Lipinski definition) is 5. The number of ether oxygens (including phenoxy) is 1. The van der Waals surface area contributed by atoms with Crippen LogP contribution in [0.5, 0.6) is 5.75 Å². The first-order chi connectivity index (χ1) is 14.1. The van der Waals surface area contributed by atoms with E-state index < -0.39 is 18.7 Å². The number of aliphatic hydroxyl groups is 1. The van der Waals surface area contributed by atoms with Crippen molar-refractivity contribution in [1.29, 1.82) is 0 Å². The Morgan fingerprint density at radius 1 is 1.30 bits per heavy atom. The number of hydrogen-bond donors (Lipinski definition) is 2. The number of alkyl halides is 3. The van der Waals surface area contributed by atoms with Crippen LogP contribution < -0.4 is 10.5 Å². The van der Waals surface area contributed by atoms with Crippen molar-refractivity contribution in [3.05, 3.63) is 52.6 Å². The Labute approximate surface area is 170 Å². The molecule has 3 aromatic heterocycles. The van der Waals surface area contributed by atoms with Gasteiger partial charge in [0.25, 0.3) is 5.91 Å². The molecule has 30 heavy (non-hydrogen) atoms.